The number of aryl methyl sites for hydroxylation is 1. The number of methoxy groups -OCH3 is 1. The van der Waals surface area contributed by atoms with Crippen molar-refractivity contribution < 1.29 is 13.9 Å². The van der Waals surface area contributed by atoms with Crippen LogP contribution in [0.5, 0.6) is 0 Å². The molecule has 0 spiro atoms. The smallest absolute Gasteiger partial charge is 0.327 e. The number of benzene rings is 1. The summed E-state index contributed by atoms with van der Waals surface area (Å²) in [7, 11) is 1.34. The lowest BCUT2D eigenvalue weighted by molar-refractivity contribution is -0.141. The van der Waals surface area contributed by atoms with E-state index in [4.69, 9.17) is 19.9 Å². The Bertz CT molecular complexity index is 1530. The third kappa shape index (κ3) is 3.72. The lowest BCUT2D eigenvalue weighted by atomic mass is 10.0. The highest BCUT2D eigenvalue weighted by Crippen LogP contribution is 2.37. The Labute approximate surface area is 195 Å². The van der Waals surface area contributed by atoms with Crippen LogP contribution in [0.2, 0.25) is 0 Å². The van der Waals surface area contributed by atoms with Crippen LogP contribution in [0, 0.1) is 6.92 Å². The van der Waals surface area contributed by atoms with Crippen LogP contribution in [0.3, 0.4) is 0 Å². The van der Waals surface area contributed by atoms with E-state index in [0.29, 0.717) is 23.1 Å². The van der Waals surface area contributed by atoms with Gasteiger partial charge in [0.2, 0.25) is 5.95 Å². The number of nitrogen functional groups attached to an aromatic ring is 1. The number of hydrogen-bond donors (Lipinski definition) is 2. The average molecular weight is 460 g/mol. The zero-order valence-corrected chi connectivity index (χ0v) is 19.4. The number of nitrogens with zero attached hydrogens (tertiary/aromatic N) is 5. The van der Waals surface area contributed by atoms with Gasteiger partial charge in [0.25, 0.3) is 0 Å². The number of nitrogens with one attached hydrogen (secondary N) is 1. The number of esters is 1. The van der Waals surface area contributed by atoms with Crippen LogP contribution in [-0.2, 0) is 16.1 Å². The number of hydrogen-bond acceptors (Lipinski definition) is 8. The Morgan fingerprint density at radius 3 is 2.82 bits per heavy atom. The summed E-state index contributed by atoms with van der Waals surface area (Å²) in [4.78, 5) is 20.9. The molecule has 0 aliphatic carbocycles. The van der Waals surface area contributed by atoms with Crippen molar-refractivity contribution in [1.29, 1.82) is 0 Å². The molecular weight excluding hydrogens is 434 g/mol. The Morgan fingerprint density at radius 1 is 1.24 bits per heavy atom. The molecule has 34 heavy (non-hydrogen) atoms. The summed E-state index contributed by atoms with van der Waals surface area (Å²) in [5.41, 5.74) is 11.4. The normalized spacial score (nSPS) is 11.6. The number of carbonyl (C=O) groups is 1. The Balaban J connectivity index is 1.57. The number of carbonyl (C=O) groups excluding carboxylic acids is 1. The monoisotopic (exact) mass is 459 g/mol. The number of furan rings is 1. The minimum atomic E-state index is -0.383. The molecule has 0 bridgehead atoms. The van der Waals surface area contributed by atoms with Crippen LogP contribution in [0.15, 0.2) is 47.3 Å². The second-order valence-electron chi connectivity index (χ2n) is 8.37. The van der Waals surface area contributed by atoms with Crippen LogP contribution >= 0.6 is 0 Å². The highest BCUT2D eigenvalue weighted by molar-refractivity contribution is 6.02. The summed E-state index contributed by atoms with van der Waals surface area (Å²) in [6.45, 7) is 6.03. The first kappa shape index (κ1) is 21.5. The van der Waals surface area contributed by atoms with E-state index >= 15 is 0 Å². The molecule has 4 aromatic heterocycles. The van der Waals surface area contributed by atoms with Crippen molar-refractivity contribution in [3.8, 4) is 11.1 Å². The molecule has 0 saturated heterocycles. The molecule has 0 amide bonds. The van der Waals surface area contributed by atoms with Crippen molar-refractivity contribution in [2.45, 2.75) is 33.4 Å². The van der Waals surface area contributed by atoms with Crippen molar-refractivity contribution in [3.05, 3.63) is 48.6 Å². The Morgan fingerprint density at radius 2 is 2.06 bits per heavy atom. The van der Waals surface area contributed by atoms with Crippen LogP contribution in [0.4, 0.5) is 17.5 Å². The summed E-state index contributed by atoms with van der Waals surface area (Å²) < 4.78 is 13.8. The van der Waals surface area contributed by atoms with E-state index in [2.05, 4.69) is 46.1 Å². The fraction of sp³-hybridized carbons (Fsp3) is 0.250. The van der Waals surface area contributed by atoms with E-state index < -0.39 is 0 Å². The number of aromatic nitrogens is 5. The topological polar surface area (TPSA) is 126 Å². The molecule has 0 fully saturated rings. The second-order valence-corrected chi connectivity index (χ2v) is 8.37. The van der Waals surface area contributed by atoms with Crippen molar-refractivity contribution in [3.63, 3.8) is 0 Å². The molecule has 0 aliphatic heterocycles. The van der Waals surface area contributed by atoms with Gasteiger partial charge in [-0.05, 0) is 44.5 Å². The first-order valence-electron chi connectivity index (χ1n) is 10.9. The largest absolute Gasteiger partial charge is 0.468 e. The number of ether oxygens (including phenoxy) is 1. The standard InChI is InChI=1S/C24H25N7O3/c1-13(2)31-10-17(15-5-6-19-16(9-15)7-8-34-19)21-22(25)27-24(28-23(21)31)26-18-11-30(29-14(18)3)12-20(32)33-4/h5-11,13H,12H2,1-4H3,(H3,25,26,27,28). The van der Waals surface area contributed by atoms with Crippen molar-refractivity contribution in [1.82, 2.24) is 24.3 Å². The van der Waals surface area contributed by atoms with Gasteiger partial charge in [-0.25, -0.2) is 0 Å². The number of fused-ring (bicyclic) bond motifs is 2. The van der Waals surface area contributed by atoms with Gasteiger partial charge in [0.15, 0.2) is 0 Å². The molecule has 0 aliphatic rings. The highest BCUT2D eigenvalue weighted by atomic mass is 16.5. The molecule has 1 aromatic carbocycles. The first-order valence-corrected chi connectivity index (χ1v) is 10.9. The first-order chi connectivity index (χ1) is 16.3. The highest BCUT2D eigenvalue weighted by Gasteiger charge is 2.19. The Kier molecular flexibility index (Phi) is 5.20. The maximum absolute atomic E-state index is 11.6. The third-order valence-corrected chi connectivity index (χ3v) is 5.73. The van der Waals surface area contributed by atoms with Gasteiger partial charge in [-0.2, -0.15) is 15.1 Å². The molecule has 5 aromatic rings. The predicted molar refractivity (Wildman–Crippen MR) is 130 cm³/mol. The number of rotatable bonds is 6. The van der Waals surface area contributed by atoms with Crippen LogP contribution in [-0.4, -0.2) is 37.4 Å². The van der Waals surface area contributed by atoms with Gasteiger partial charge >= 0.3 is 5.97 Å². The zero-order chi connectivity index (χ0) is 24.0. The molecule has 0 radical (unpaired) electrons. The summed E-state index contributed by atoms with van der Waals surface area (Å²) in [6.07, 6.45) is 5.45. The van der Waals surface area contributed by atoms with Gasteiger partial charge in [0, 0.05) is 29.4 Å². The zero-order valence-electron chi connectivity index (χ0n) is 19.4. The quantitative estimate of drug-likeness (QED) is 0.357. The van der Waals surface area contributed by atoms with Crippen molar-refractivity contribution in [2.75, 3.05) is 18.2 Å². The van der Waals surface area contributed by atoms with Crippen LogP contribution < -0.4 is 11.1 Å². The molecule has 3 N–H and O–H groups in total. The SMILES string of the molecule is COC(=O)Cn1cc(Nc2nc(N)c3c(-c4ccc5occc5c4)cn(C(C)C)c3n2)c(C)n1. The summed E-state index contributed by atoms with van der Waals surface area (Å²) in [6, 6.07) is 8.12. The van der Waals surface area contributed by atoms with Crippen LogP contribution in [0.25, 0.3) is 33.1 Å². The van der Waals surface area contributed by atoms with Gasteiger partial charge in [-0.15, -0.1) is 0 Å². The summed E-state index contributed by atoms with van der Waals surface area (Å²) in [5.74, 6) is 0.336. The molecule has 0 unspecified atom stereocenters. The molecular formula is C24H25N7O3. The molecule has 174 valence electrons. The molecule has 4 heterocycles. The van der Waals surface area contributed by atoms with Crippen molar-refractivity contribution in [2.24, 2.45) is 0 Å². The third-order valence-electron chi connectivity index (χ3n) is 5.73. The van der Waals surface area contributed by atoms with Gasteiger partial charge in [-0.1, -0.05) is 6.07 Å². The van der Waals surface area contributed by atoms with Gasteiger partial charge < -0.3 is 24.8 Å². The Hall–Kier alpha value is -4.34. The maximum Gasteiger partial charge on any atom is 0.327 e. The number of nitrogens with two attached hydrogens (primary N) is 1. The maximum atomic E-state index is 11.6. The summed E-state index contributed by atoms with van der Waals surface area (Å²) >= 11 is 0. The van der Waals surface area contributed by atoms with Gasteiger partial charge in [-0.3, -0.25) is 9.48 Å². The fourth-order valence-electron chi connectivity index (χ4n) is 4.02. The van der Waals surface area contributed by atoms with E-state index in [1.165, 1.54) is 11.8 Å². The number of anilines is 3. The minimum absolute atomic E-state index is 0.0155. The van der Waals surface area contributed by atoms with E-state index in [0.717, 1.165) is 33.1 Å². The van der Waals surface area contributed by atoms with Gasteiger partial charge in [0.1, 0.15) is 23.6 Å². The van der Waals surface area contributed by atoms with Crippen LogP contribution in [0.1, 0.15) is 25.6 Å². The molecule has 0 atom stereocenters. The van der Waals surface area contributed by atoms with E-state index in [9.17, 15) is 4.79 Å². The molecule has 10 heteroatoms. The van der Waals surface area contributed by atoms with Crippen molar-refractivity contribution >= 4 is 45.4 Å². The lowest BCUT2D eigenvalue weighted by Gasteiger charge is -2.10. The molecule has 5 rings (SSSR count). The minimum Gasteiger partial charge on any atom is -0.468 e. The van der Waals surface area contributed by atoms with Gasteiger partial charge in [0.05, 0.1) is 30.1 Å². The summed E-state index contributed by atoms with van der Waals surface area (Å²) in [5, 5.41) is 9.34. The van der Waals surface area contributed by atoms with E-state index in [1.54, 1.807) is 12.5 Å². The second kappa shape index (κ2) is 8.22. The molecule has 0 saturated carbocycles. The lowest BCUT2D eigenvalue weighted by Crippen LogP contribution is -2.11. The molecule has 10 nitrogen and oxygen atoms in total. The van der Waals surface area contributed by atoms with E-state index in [-0.39, 0.29) is 18.6 Å². The van der Waals surface area contributed by atoms with E-state index in [1.807, 2.05) is 25.1 Å². The predicted octanol–water partition coefficient (Wildman–Crippen LogP) is 4.43. The fourth-order valence-corrected chi connectivity index (χ4v) is 4.02. The average Bonchev–Trinajstić information content (AvgIpc) is 3.50.